The van der Waals surface area contributed by atoms with Crippen molar-refractivity contribution in [1.82, 2.24) is 5.32 Å². The maximum Gasteiger partial charge on any atom is 0.221 e. The summed E-state index contributed by atoms with van der Waals surface area (Å²) in [7, 11) is -2.05. The summed E-state index contributed by atoms with van der Waals surface area (Å²) in [4.78, 5) is 0.394. The fourth-order valence-corrected chi connectivity index (χ4v) is 0.908. The van der Waals surface area contributed by atoms with Crippen LogP contribution in [0.5, 0.6) is 0 Å². The van der Waals surface area contributed by atoms with Crippen molar-refractivity contribution in [1.29, 1.82) is 0 Å². The van der Waals surface area contributed by atoms with Gasteiger partial charge in [0.25, 0.3) is 0 Å². The molecular formula is C4H5NO2S. The molecule has 0 atom stereocenters. The van der Waals surface area contributed by atoms with E-state index in [2.05, 4.69) is 11.9 Å². The predicted molar refractivity (Wildman–Crippen MR) is 31.1 cm³/mol. The Hall–Kier alpha value is -0.770. The van der Waals surface area contributed by atoms with Gasteiger partial charge in [0.1, 0.15) is 4.86 Å². The number of rotatable bonds is 0. The van der Waals surface area contributed by atoms with Crippen LogP contribution in [0.2, 0.25) is 0 Å². The van der Waals surface area contributed by atoms with E-state index in [1.54, 1.807) is 0 Å². The summed E-state index contributed by atoms with van der Waals surface area (Å²) >= 11 is 0. The normalized spacial score (nSPS) is 17.0. The van der Waals surface area contributed by atoms with Crippen LogP contribution >= 0.6 is 0 Å². The summed E-state index contributed by atoms with van der Waals surface area (Å²) in [5.74, 6) is 0. The van der Waals surface area contributed by atoms with Crippen LogP contribution in [0.4, 0.5) is 0 Å². The van der Waals surface area contributed by atoms with Gasteiger partial charge in [-0.3, -0.25) is 0 Å². The molecule has 1 aliphatic heterocycles. The lowest BCUT2D eigenvalue weighted by atomic mass is 10.2. The first-order valence-corrected chi connectivity index (χ1v) is 3.17. The van der Waals surface area contributed by atoms with E-state index in [0.29, 0.717) is 17.1 Å². The first kappa shape index (κ1) is 5.37. The second kappa shape index (κ2) is 1.63. The lowest BCUT2D eigenvalue weighted by molar-refractivity contribution is 0.626. The van der Waals surface area contributed by atoms with Crippen LogP contribution in [-0.2, 0) is 10.3 Å². The van der Waals surface area contributed by atoms with Crippen molar-refractivity contribution in [3.05, 3.63) is 12.3 Å². The zero-order valence-electron chi connectivity index (χ0n) is 4.14. The molecule has 0 aromatic carbocycles. The molecule has 0 bridgehead atoms. The van der Waals surface area contributed by atoms with Crippen LogP contribution in [0.15, 0.2) is 12.3 Å². The van der Waals surface area contributed by atoms with Gasteiger partial charge in [-0.2, -0.15) is 8.42 Å². The molecule has 0 aliphatic carbocycles. The third-order valence-electron chi connectivity index (χ3n) is 1.00. The highest BCUT2D eigenvalue weighted by molar-refractivity contribution is 7.73. The molecule has 0 saturated carbocycles. The van der Waals surface area contributed by atoms with E-state index < -0.39 is 10.3 Å². The molecule has 8 heavy (non-hydrogen) atoms. The molecule has 1 aliphatic rings. The van der Waals surface area contributed by atoms with Crippen molar-refractivity contribution in [2.24, 2.45) is 0 Å². The van der Waals surface area contributed by atoms with Gasteiger partial charge in [0.2, 0.25) is 10.3 Å². The van der Waals surface area contributed by atoms with Gasteiger partial charge in [0.15, 0.2) is 0 Å². The molecule has 1 saturated heterocycles. The quantitative estimate of drug-likeness (QED) is 0.344. The third kappa shape index (κ3) is 0.626. The monoisotopic (exact) mass is 131 g/mol. The second-order valence-electron chi connectivity index (χ2n) is 1.49. The highest BCUT2D eigenvalue weighted by Gasteiger charge is 2.15. The lowest BCUT2D eigenvalue weighted by Gasteiger charge is -2.17. The van der Waals surface area contributed by atoms with Gasteiger partial charge >= 0.3 is 0 Å². The smallest absolute Gasteiger partial charge is 0.221 e. The van der Waals surface area contributed by atoms with E-state index in [0.717, 1.165) is 0 Å². The number of hydrogen-bond acceptors (Lipinski definition) is 3. The molecular weight excluding hydrogens is 126 g/mol. The standard InChI is InChI=1S/C4H5NO2S/c1-3-4(2-5-3)8(6)7/h5H,1-2H2. The van der Waals surface area contributed by atoms with Gasteiger partial charge in [-0.1, -0.05) is 6.58 Å². The van der Waals surface area contributed by atoms with Gasteiger partial charge in [-0.25, -0.2) is 0 Å². The summed E-state index contributed by atoms with van der Waals surface area (Å²) in [5, 5.41) is 2.72. The number of hydrogen-bond donors (Lipinski definition) is 1. The average Bonchev–Trinajstić information content (AvgIpc) is 1.61. The molecule has 0 aromatic heterocycles. The fourth-order valence-electron chi connectivity index (χ4n) is 0.445. The Morgan fingerprint density at radius 2 is 2.25 bits per heavy atom. The Kier molecular flexibility index (Phi) is 1.09. The van der Waals surface area contributed by atoms with Gasteiger partial charge in [-0.05, 0) is 0 Å². The summed E-state index contributed by atoms with van der Waals surface area (Å²) < 4.78 is 20.1. The fraction of sp³-hybridized carbons (Fsp3) is 0.250. The molecule has 0 radical (unpaired) electrons. The molecule has 0 aromatic rings. The average molecular weight is 131 g/mol. The zero-order chi connectivity index (χ0) is 6.15. The maximum atomic E-state index is 10.1. The molecule has 0 amide bonds. The minimum absolute atomic E-state index is 0.394. The molecule has 1 rings (SSSR count). The summed E-state index contributed by atoms with van der Waals surface area (Å²) in [6.07, 6.45) is 0. The van der Waals surface area contributed by atoms with Crippen molar-refractivity contribution in [2.75, 3.05) is 6.54 Å². The van der Waals surface area contributed by atoms with E-state index in [-0.39, 0.29) is 0 Å². The van der Waals surface area contributed by atoms with Gasteiger partial charge in [-0.15, -0.1) is 0 Å². The SMILES string of the molecule is C=C1NCC1=S(=O)=O. The van der Waals surface area contributed by atoms with Crippen molar-refractivity contribution in [3.63, 3.8) is 0 Å². The molecule has 4 heteroatoms. The Morgan fingerprint density at radius 1 is 1.62 bits per heavy atom. The Balaban J connectivity index is 3.09. The van der Waals surface area contributed by atoms with Crippen molar-refractivity contribution < 1.29 is 8.42 Å². The Labute approximate surface area is 48.5 Å². The summed E-state index contributed by atoms with van der Waals surface area (Å²) in [6, 6.07) is 0. The maximum absolute atomic E-state index is 10.1. The lowest BCUT2D eigenvalue weighted by Crippen LogP contribution is -2.39. The summed E-state index contributed by atoms with van der Waals surface area (Å²) in [6.45, 7) is 3.86. The Bertz CT molecular complexity index is 241. The van der Waals surface area contributed by atoms with Crippen LogP contribution in [-0.4, -0.2) is 19.8 Å². The van der Waals surface area contributed by atoms with Crippen molar-refractivity contribution in [2.45, 2.75) is 0 Å². The van der Waals surface area contributed by atoms with E-state index in [4.69, 9.17) is 0 Å². The molecule has 3 nitrogen and oxygen atoms in total. The van der Waals surface area contributed by atoms with Gasteiger partial charge < -0.3 is 5.32 Å². The molecule has 44 valence electrons. The molecule has 1 fully saturated rings. The summed E-state index contributed by atoms with van der Waals surface area (Å²) in [5.41, 5.74) is 0.526. The van der Waals surface area contributed by atoms with Gasteiger partial charge in [0.05, 0.1) is 6.54 Å². The zero-order valence-corrected chi connectivity index (χ0v) is 4.96. The van der Waals surface area contributed by atoms with E-state index in [9.17, 15) is 8.42 Å². The van der Waals surface area contributed by atoms with Crippen LogP contribution in [0.3, 0.4) is 0 Å². The highest BCUT2D eigenvalue weighted by atomic mass is 32.2. The van der Waals surface area contributed by atoms with Crippen LogP contribution < -0.4 is 5.32 Å². The van der Waals surface area contributed by atoms with Crippen LogP contribution in [0, 0.1) is 0 Å². The van der Waals surface area contributed by atoms with Crippen LogP contribution in [0.25, 0.3) is 0 Å². The van der Waals surface area contributed by atoms with Gasteiger partial charge in [0, 0.05) is 5.70 Å². The Morgan fingerprint density at radius 3 is 2.25 bits per heavy atom. The highest BCUT2D eigenvalue weighted by Crippen LogP contribution is 1.97. The molecule has 1 heterocycles. The first-order chi connectivity index (χ1) is 3.72. The molecule has 0 spiro atoms. The second-order valence-corrected chi connectivity index (χ2v) is 2.45. The predicted octanol–water partition coefficient (Wildman–Crippen LogP) is -0.845. The molecule has 1 N–H and O–H groups in total. The number of nitrogens with one attached hydrogen (secondary N) is 1. The first-order valence-electron chi connectivity index (χ1n) is 2.10. The van der Waals surface area contributed by atoms with E-state index >= 15 is 0 Å². The minimum atomic E-state index is -2.05. The minimum Gasteiger partial charge on any atom is -0.379 e. The third-order valence-corrected chi connectivity index (χ3v) is 1.79. The van der Waals surface area contributed by atoms with Crippen molar-refractivity contribution >= 4 is 15.2 Å². The largest absolute Gasteiger partial charge is 0.379 e. The van der Waals surface area contributed by atoms with E-state index in [1.807, 2.05) is 0 Å². The van der Waals surface area contributed by atoms with E-state index in [1.165, 1.54) is 0 Å². The van der Waals surface area contributed by atoms with Crippen LogP contribution in [0.1, 0.15) is 0 Å². The van der Waals surface area contributed by atoms with Crippen molar-refractivity contribution in [3.8, 4) is 0 Å². The topological polar surface area (TPSA) is 46.2 Å². The molecule has 0 unspecified atom stereocenters.